The standard InChI is InChI=1S/C12H19FN2O/c1-3-14-11(9-16)8-15(2)12-6-4-10(13)5-7-12/h4-7,11,14,16H,3,8-9H2,1-2H3. The fourth-order valence-corrected chi connectivity index (χ4v) is 1.61. The maximum atomic E-state index is 12.7. The minimum absolute atomic E-state index is 0.0417. The van der Waals surface area contributed by atoms with Crippen LogP contribution in [0.5, 0.6) is 0 Å². The zero-order valence-electron chi connectivity index (χ0n) is 9.78. The molecule has 16 heavy (non-hydrogen) atoms. The highest BCUT2D eigenvalue weighted by molar-refractivity contribution is 5.45. The van der Waals surface area contributed by atoms with Gasteiger partial charge in [0, 0.05) is 25.3 Å². The average molecular weight is 226 g/mol. The van der Waals surface area contributed by atoms with Crippen LogP contribution in [-0.4, -0.2) is 37.9 Å². The fourth-order valence-electron chi connectivity index (χ4n) is 1.61. The molecule has 1 rings (SSSR count). The first kappa shape index (κ1) is 12.9. The van der Waals surface area contributed by atoms with E-state index in [4.69, 9.17) is 5.11 Å². The van der Waals surface area contributed by atoms with Crippen LogP contribution in [0, 0.1) is 5.82 Å². The van der Waals surface area contributed by atoms with Gasteiger partial charge in [-0.3, -0.25) is 0 Å². The summed E-state index contributed by atoms with van der Waals surface area (Å²) in [6, 6.07) is 6.38. The van der Waals surface area contributed by atoms with Crippen molar-refractivity contribution in [2.24, 2.45) is 0 Å². The molecular formula is C12H19FN2O. The molecule has 0 heterocycles. The summed E-state index contributed by atoms with van der Waals surface area (Å²) in [6.07, 6.45) is 0. The van der Waals surface area contributed by atoms with Gasteiger partial charge in [0.25, 0.3) is 0 Å². The topological polar surface area (TPSA) is 35.5 Å². The summed E-state index contributed by atoms with van der Waals surface area (Å²) in [5.41, 5.74) is 0.942. The molecule has 0 spiro atoms. The molecule has 0 aliphatic carbocycles. The molecule has 1 aromatic rings. The lowest BCUT2D eigenvalue weighted by Gasteiger charge is -2.25. The number of benzene rings is 1. The van der Waals surface area contributed by atoms with Crippen molar-refractivity contribution >= 4 is 5.69 Å². The van der Waals surface area contributed by atoms with E-state index in [9.17, 15) is 4.39 Å². The quantitative estimate of drug-likeness (QED) is 0.766. The van der Waals surface area contributed by atoms with Crippen molar-refractivity contribution < 1.29 is 9.50 Å². The van der Waals surface area contributed by atoms with E-state index < -0.39 is 0 Å². The number of nitrogens with zero attached hydrogens (tertiary/aromatic N) is 1. The third-order valence-corrected chi connectivity index (χ3v) is 2.47. The number of likely N-dealkylation sites (N-methyl/N-ethyl adjacent to an activating group) is 2. The number of nitrogens with one attached hydrogen (secondary N) is 1. The van der Waals surface area contributed by atoms with Crippen LogP contribution in [0.2, 0.25) is 0 Å². The minimum Gasteiger partial charge on any atom is -0.395 e. The molecule has 1 atom stereocenters. The second-order valence-corrected chi connectivity index (χ2v) is 3.79. The third-order valence-electron chi connectivity index (χ3n) is 2.47. The largest absolute Gasteiger partial charge is 0.395 e. The van der Waals surface area contributed by atoms with Crippen LogP contribution < -0.4 is 10.2 Å². The third kappa shape index (κ3) is 3.79. The van der Waals surface area contributed by atoms with Crippen molar-refractivity contribution in [2.45, 2.75) is 13.0 Å². The van der Waals surface area contributed by atoms with Gasteiger partial charge in [-0.1, -0.05) is 6.92 Å². The van der Waals surface area contributed by atoms with Crippen LogP contribution in [0.25, 0.3) is 0 Å². The molecule has 2 N–H and O–H groups in total. The summed E-state index contributed by atoms with van der Waals surface area (Å²) in [5.74, 6) is -0.234. The zero-order valence-corrected chi connectivity index (χ0v) is 9.78. The van der Waals surface area contributed by atoms with Gasteiger partial charge in [-0.05, 0) is 30.8 Å². The highest BCUT2D eigenvalue weighted by Gasteiger charge is 2.09. The lowest BCUT2D eigenvalue weighted by atomic mass is 10.2. The number of rotatable bonds is 6. The van der Waals surface area contributed by atoms with Crippen molar-refractivity contribution in [1.82, 2.24) is 5.32 Å². The molecule has 1 unspecified atom stereocenters. The summed E-state index contributed by atoms with van der Waals surface area (Å²) < 4.78 is 12.7. The Kier molecular flexibility index (Phi) is 5.22. The maximum absolute atomic E-state index is 12.7. The predicted octanol–water partition coefficient (Wildman–Crippen LogP) is 1.23. The molecule has 0 aromatic heterocycles. The summed E-state index contributed by atoms with van der Waals surface area (Å²) in [5, 5.41) is 12.3. The molecule has 0 aliphatic rings. The number of aliphatic hydroxyl groups is 1. The highest BCUT2D eigenvalue weighted by atomic mass is 19.1. The van der Waals surface area contributed by atoms with Crippen LogP contribution in [0.1, 0.15) is 6.92 Å². The molecule has 0 saturated heterocycles. The van der Waals surface area contributed by atoms with Crippen molar-refractivity contribution in [3.8, 4) is 0 Å². The second kappa shape index (κ2) is 6.45. The van der Waals surface area contributed by atoms with E-state index in [1.54, 1.807) is 12.1 Å². The van der Waals surface area contributed by atoms with Crippen LogP contribution in [-0.2, 0) is 0 Å². The van der Waals surface area contributed by atoms with Gasteiger partial charge in [0.2, 0.25) is 0 Å². The van der Waals surface area contributed by atoms with Gasteiger partial charge in [-0.2, -0.15) is 0 Å². The van der Waals surface area contributed by atoms with Gasteiger partial charge in [0.15, 0.2) is 0 Å². The van der Waals surface area contributed by atoms with E-state index in [1.807, 2.05) is 18.9 Å². The van der Waals surface area contributed by atoms with E-state index in [1.165, 1.54) is 12.1 Å². The normalized spacial score (nSPS) is 12.5. The zero-order chi connectivity index (χ0) is 12.0. The highest BCUT2D eigenvalue weighted by Crippen LogP contribution is 2.13. The van der Waals surface area contributed by atoms with Crippen LogP contribution in [0.15, 0.2) is 24.3 Å². The van der Waals surface area contributed by atoms with Crippen molar-refractivity contribution in [1.29, 1.82) is 0 Å². The Hall–Kier alpha value is -1.13. The van der Waals surface area contributed by atoms with Gasteiger partial charge in [0.05, 0.1) is 6.61 Å². The summed E-state index contributed by atoms with van der Waals surface area (Å²) in [7, 11) is 1.92. The van der Waals surface area contributed by atoms with Gasteiger partial charge >= 0.3 is 0 Å². The number of aliphatic hydroxyl groups excluding tert-OH is 1. The van der Waals surface area contributed by atoms with Crippen molar-refractivity contribution in [2.75, 3.05) is 31.6 Å². The van der Waals surface area contributed by atoms with E-state index in [0.717, 1.165) is 12.2 Å². The molecule has 0 bridgehead atoms. The first-order chi connectivity index (χ1) is 7.67. The van der Waals surface area contributed by atoms with Gasteiger partial charge < -0.3 is 15.3 Å². The van der Waals surface area contributed by atoms with E-state index in [-0.39, 0.29) is 18.5 Å². The lowest BCUT2D eigenvalue weighted by molar-refractivity contribution is 0.246. The Morgan fingerprint density at radius 2 is 2.00 bits per heavy atom. The monoisotopic (exact) mass is 226 g/mol. The molecule has 0 fully saturated rings. The number of halogens is 1. The van der Waals surface area contributed by atoms with Gasteiger partial charge in [-0.25, -0.2) is 4.39 Å². The fraction of sp³-hybridized carbons (Fsp3) is 0.500. The number of hydrogen-bond acceptors (Lipinski definition) is 3. The van der Waals surface area contributed by atoms with Crippen molar-refractivity contribution in [3.05, 3.63) is 30.1 Å². The van der Waals surface area contributed by atoms with Gasteiger partial charge in [0.1, 0.15) is 5.82 Å². The molecule has 0 aliphatic heterocycles. The van der Waals surface area contributed by atoms with E-state index >= 15 is 0 Å². The first-order valence-electron chi connectivity index (χ1n) is 5.48. The Morgan fingerprint density at radius 3 is 2.50 bits per heavy atom. The second-order valence-electron chi connectivity index (χ2n) is 3.79. The maximum Gasteiger partial charge on any atom is 0.123 e. The average Bonchev–Trinajstić information content (AvgIpc) is 2.29. The van der Waals surface area contributed by atoms with Gasteiger partial charge in [-0.15, -0.1) is 0 Å². The Labute approximate surface area is 95.9 Å². The molecule has 4 heteroatoms. The predicted molar refractivity (Wildman–Crippen MR) is 64.2 cm³/mol. The summed E-state index contributed by atoms with van der Waals surface area (Å²) in [6.45, 7) is 3.61. The molecule has 0 saturated carbocycles. The number of anilines is 1. The molecule has 90 valence electrons. The Bertz CT molecular complexity index is 302. The molecule has 0 amide bonds. The molecule has 3 nitrogen and oxygen atoms in total. The van der Waals surface area contributed by atoms with Crippen LogP contribution in [0.3, 0.4) is 0 Å². The Balaban J connectivity index is 2.56. The van der Waals surface area contributed by atoms with Crippen molar-refractivity contribution in [3.63, 3.8) is 0 Å². The first-order valence-corrected chi connectivity index (χ1v) is 5.48. The molecule has 1 aromatic carbocycles. The van der Waals surface area contributed by atoms with E-state index in [2.05, 4.69) is 5.32 Å². The number of hydrogen-bond donors (Lipinski definition) is 2. The Morgan fingerprint density at radius 1 is 1.38 bits per heavy atom. The summed E-state index contributed by atoms with van der Waals surface area (Å²) in [4.78, 5) is 1.99. The lowest BCUT2D eigenvalue weighted by Crippen LogP contribution is -2.42. The minimum atomic E-state index is -0.234. The van der Waals surface area contributed by atoms with Crippen LogP contribution in [0.4, 0.5) is 10.1 Å². The smallest absolute Gasteiger partial charge is 0.123 e. The van der Waals surface area contributed by atoms with E-state index in [0.29, 0.717) is 6.54 Å². The van der Waals surface area contributed by atoms with Crippen LogP contribution >= 0.6 is 0 Å². The molecule has 0 radical (unpaired) electrons. The molecular weight excluding hydrogens is 207 g/mol. The SMILES string of the molecule is CCNC(CO)CN(C)c1ccc(F)cc1. The summed E-state index contributed by atoms with van der Waals surface area (Å²) >= 11 is 0.